The Labute approximate surface area is 351 Å². The monoisotopic (exact) mass is 763 g/mol. The number of hydrogen-bond acceptors (Lipinski definition) is 0. The molecule has 0 saturated heterocycles. The van der Waals surface area contributed by atoms with Crippen molar-refractivity contribution in [3.05, 3.63) is 269 Å². The smallest absolute Gasteiger partial charge is 0.0713 e. The summed E-state index contributed by atoms with van der Waals surface area (Å²) in [5.41, 5.74) is 18.2. The van der Waals surface area contributed by atoms with Crippen LogP contribution in [0.4, 0.5) is 0 Å². The summed E-state index contributed by atoms with van der Waals surface area (Å²) in [5.74, 6) is 2.25. The topological polar surface area (TPSA) is 4.93 Å². The Balaban J connectivity index is 0.00000132. The van der Waals surface area contributed by atoms with Crippen LogP contribution in [-0.4, -0.2) is 4.57 Å². The number of terminal acetylenes is 1. The molecule has 0 atom stereocenters. The largest absolute Gasteiger partial charge is 0.309 e. The molecule has 0 radical (unpaired) electrons. The summed E-state index contributed by atoms with van der Waals surface area (Å²) in [5, 5.41) is 2.49. The molecule has 2 aliphatic rings. The van der Waals surface area contributed by atoms with Crippen molar-refractivity contribution in [3.63, 3.8) is 0 Å². The average molecular weight is 764 g/mol. The lowest BCUT2D eigenvalue weighted by atomic mass is 9.67. The molecule has 10 aromatic rings. The van der Waals surface area contributed by atoms with Gasteiger partial charge in [0.2, 0.25) is 0 Å². The van der Waals surface area contributed by atoms with E-state index in [4.69, 9.17) is 0 Å². The van der Waals surface area contributed by atoms with Crippen molar-refractivity contribution in [2.45, 2.75) is 17.8 Å². The van der Waals surface area contributed by atoms with E-state index in [-0.39, 0.29) is 0 Å². The second-order valence-electron chi connectivity index (χ2n) is 15.8. The van der Waals surface area contributed by atoms with E-state index < -0.39 is 10.8 Å². The van der Waals surface area contributed by atoms with Crippen LogP contribution in [0, 0.1) is 12.3 Å². The van der Waals surface area contributed by atoms with Gasteiger partial charge in [0, 0.05) is 16.5 Å². The van der Waals surface area contributed by atoms with Crippen molar-refractivity contribution >= 4 is 21.8 Å². The first-order valence-electron chi connectivity index (χ1n) is 20.7. The van der Waals surface area contributed by atoms with Gasteiger partial charge >= 0.3 is 0 Å². The van der Waals surface area contributed by atoms with Crippen molar-refractivity contribution in [2.75, 3.05) is 0 Å². The maximum atomic E-state index is 4.60. The molecule has 9 aromatic carbocycles. The van der Waals surface area contributed by atoms with Crippen molar-refractivity contribution in [2.24, 2.45) is 0 Å². The molecule has 0 saturated carbocycles. The van der Waals surface area contributed by atoms with Crippen molar-refractivity contribution in [1.82, 2.24) is 4.57 Å². The summed E-state index contributed by atoms with van der Waals surface area (Å²) in [6.07, 6.45) is 4.60. The van der Waals surface area contributed by atoms with Gasteiger partial charge < -0.3 is 4.57 Å². The molecule has 12 rings (SSSR count). The van der Waals surface area contributed by atoms with Gasteiger partial charge in [0.1, 0.15) is 0 Å². The highest BCUT2D eigenvalue weighted by molar-refractivity contribution is 6.10. The normalized spacial score (nSPS) is 13.7. The van der Waals surface area contributed by atoms with Crippen LogP contribution in [0.2, 0.25) is 0 Å². The maximum Gasteiger partial charge on any atom is 0.0713 e. The molecule has 60 heavy (non-hydrogen) atoms. The van der Waals surface area contributed by atoms with Crippen LogP contribution in [0.15, 0.2) is 224 Å². The fraction of sp³-hybridized carbons (Fsp3) is 0.0508. The van der Waals surface area contributed by atoms with E-state index >= 15 is 0 Å². The molecule has 282 valence electrons. The van der Waals surface area contributed by atoms with E-state index in [1.165, 1.54) is 88.6 Å². The number of nitrogens with zero attached hydrogens (tertiary/aromatic N) is 1. The van der Waals surface area contributed by atoms with Crippen LogP contribution in [0.25, 0.3) is 49.7 Å². The lowest BCUT2D eigenvalue weighted by molar-refractivity contribution is 0.769. The Bertz CT molecular complexity index is 2990. The zero-order valence-electron chi connectivity index (χ0n) is 33.4. The van der Waals surface area contributed by atoms with Crippen LogP contribution in [-0.2, 0) is 10.8 Å². The Hall–Kier alpha value is -7.66. The second kappa shape index (κ2) is 14.0. The minimum atomic E-state index is -0.490. The zero-order valence-corrected chi connectivity index (χ0v) is 33.4. The second-order valence-corrected chi connectivity index (χ2v) is 15.8. The van der Waals surface area contributed by atoms with Gasteiger partial charge in [0.05, 0.1) is 21.9 Å². The van der Waals surface area contributed by atoms with E-state index in [2.05, 4.69) is 241 Å². The Morgan fingerprint density at radius 2 is 0.650 bits per heavy atom. The molecule has 0 amide bonds. The van der Waals surface area contributed by atoms with E-state index in [9.17, 15) is 0 Å². The predicted octanol–water partition coefficient (Wildman–Crippen LogP) is 14.1. The summed E-state index contributed by atoms with van der Waals surface area (Å²) < 4.78 is 2.45. The fourth-order valence-corrected chi connectivity index (χ4v) is 10.8. The summed E-state index contributed by atoms with van der Waals surface area (Å²) >= 11 is 0. The van der Waals surface area contributed by atoms with Crippen molar-refractivity contribution < 1.29 is 0 Å². The quantitative estimate of drug-likeness (QED) is 0.154. The first-order chi connectivity index (χ1) is 29.7. The van der Waals surface area contributed by atoms with E-state index in [1.54, 1.807) is 6.92 Å². The predicted molar refractivity (Wildman–Crippen MR) is 250 cm³/mol. The lowest BCUT2D eigenvalue weighted by Gasteiger charge is -2.34. The van der Waals surface area contributed by atoms with E-state index in [1.807, 2.05) is 0 Å². The Kier molecular flexibility index (Phi) is 8.29. The number of aromatic nitrogens is 1. The zero-order chi connectivity index (χ0) is 40.3. The third kappa shape index (κ3) is 4.89. The van der Waals surface area contributed by atoms with Gasteiger partial charge in [0.15, 0.2) is 0 Å². The number of para-hydroxylation sites is 1. The van der Waals surface area contributed by atoms with Gasteiger partial charge in [-0.05, 0) is 110 Å². The first-order valence-corrected chi connectivity index (χ1v) is 20.7. The summed E-state index contributed by atoms with van der Waals surface area (Å²) in [7, 11) is 0. The molecule has 0 unspecified atom stereocenters. The highest BCUT2D eigenvalue weighted by atomic mass is 15.0. The highest BCUT2D eigenvalue weighted by Gasteiger charge is 2.47. The molecular formula is C59H41N. The molecule has 0 N–H and O–H groups in total. The standard InChI is InChI=1S/C56H37N.C3H4/c1-4-18-38(19-5-1)55(49-28-14-10-24-43(49)44-25-11-15-29-50(44)55)40-32-34-53-47(36-40)48-37-41(33-35-54(48)57(53)42-22-8-3-9-23-42)56(39-20-6-2-7-21-39)51-30-16-12-26-45(51)46-27-13-17-31-52(46)56;1-3-2/h1-37H;1H,2H3. The molecule has 1 heteroatoms. The van der Waals surface area contributed by atoms with Gasteiger partial charge in [-0.3, -0.25) is 0 Å². The minimum Gasteiger partial charge on any atom is -0.309 e. The SMILES string of the molecule is C#CC.c1ccc(-n2c3ccc(C4(c5ccccc5)c5ccccc5-c5ccccc54)cc3c3cc(C4(c5ccccc5)c5ccccc5-c5ccccc54)ccc32)cc1. The molecule has 1 heterocycles. The van der Waals surface area contributed by atoms with Gasteiger partial charge in [-0.2, -0.15) is 0 Å². The van der Waals surface area contributed by atoms with E-state index in [0.29, 0.717) is 0 Å². The van der Waals surface area contributed by atoms with Crippen LogP contribution < -0.4 is 0 Å². The number of fused-ring (bicyclic) bond motifs is 9. The molecular weight excluding hydrogens is 723 g/mol. The minimum absolute atomic E-state index is 0.490. The molecule has 0 aliphatic heterocycles. The van der Waals surface area contributed by atoms with Gasteiger partial charge in [-0.1, -0.05) is 188 Å². The van der Waals surface area contributed by atoms with Crippen LogP contribution in [0.1, 0.15) is 51.4 Å². The van der Waals surface area contributed by atoms with E-state index in [0.717, 1.165) is 5.69 Å². The highest BCUT2D eigenvalue weighted by Crippen LogP contribution is 2.58. The van der Waals surface area contributed by atoms with Gasteiger partial charge in [-0.25, -0.2) is 0 Å². The lowest BCUT2D eigenvalue weighted by Crippen LogP contribution is -2.28. The molecule has 1 nitrogen and oxygen atoms in total. The van der Waals surface area contributed by atoms with Crippen LogP contribution in [0.5, 0.6) is 0 Å². The summed E-state index contributed by atoms with van der Waals surface area (Å²) in [6, 6.07) is 83.7. The molecule has 2 aliphatic carbocycles. The molecule has 0 fully saturated rings. The van der Waals surface area contributed by atoms with Gasteiger partial charge in [0.25, 0.3) is 0 Å². The summed E-state index contributed by atoms with van der Waals surface area (Å²) in [6.45, 7) is 1.65. The van der Waals surface area contributed by atoms with Crippen LogP contribution >= 0.6 is 0 Å². The Morgan fingerprint density at radius 3 is 1.00 bits per heavy atom. The third-order valence-electron chi connectivity index (χ3n) is 13.0. The van der Waals surface area contributed by atoms with Gasteiger partial charge in [-0.15, -0.1) is 12.3 Å². The summed E-state index contributed by atoms with van der Waals surface area (Å²) in [4.78, 5) is 0. The molecule has 0 bridgehead atoms. The Morgan fingerprint density at radius 1 is 0.350 bits per heavy atom. The number of benzene rings is 9. The van der Waals surface area contributed by atoms with Crippen molar-refractivity contribution in [3.8, 4) is 40.3 Å². The van der Waals surface area contributed by atoms with Crippen LogP contribution in [0.3, 0.4) is 0 Å². The molecule has 1 aromatic heterocycles. The number of hydrogen-bond donors (Lipinski definition) is 0. The maximum absolute atomic E-state index is 4.60. The van der Waals surface area contributed by atoms with Crippen molar-refractivity contribution in [1.29, 1.82) is 0 Å². The third-order valence-corrected chi connectivity index (χ3v) is 13.0. The number of rotatable bonds is 5. The average Bonchev–Trinajstić information content (AvgIpc) is 3.93. The molecule has 0 spiro atoms. The first kappa shape index (κ1) is 35.5. The fourth-order valence-electron chi connectivity index (χ4n) is 10.8.